The van der Waals surface area contributed by atoms with Crippen LogP contribution in [0, 0.1) is 5.82 Å². The number of rotatable bonds is 6. The molecule has 1 heterocycles. The zero-order chi connectivity index (χ0) is 20.3. The highest BCUT2D eigenvalue weighted by atomic mass is 32.2. The number of anilines is 1. The SMILES string of the molecule is CCOc1cc(/C=C2/SC(=S)N(c3ccccc3F)C2=O)ccc1OC(F)F. The number of carbonyl (C=O) groups excluding carboxylic acids is 1. The lowest BCUT2D eigenvalue weighted by Crippen LogP contribution is -2.28. The van der Waals surface area contributed by atoms with E-state index in [0.717, 1.165) is 16.7 Å². The average molecular weight is 425 g/mol. The molecule has 9 heteroatoms. The first-order valence-electron chi connectivity index (χ1n) is 8.15. The Hall–Kier alpha value is -2.52. The van der Waals surface area contributed by atoms with E-state index < -0.39 is 18.3 Å². The van der Waals surface area contributed by atoms with Crippen molar-refractivity contribution in [3.63, 3.8) is 0 Å². The zero-order valence-electron chi connectivity index (χ0n) is 14.5. The lowest BCUT2D eigenvalue weighted by molar-refractivity contribution is -0.113. The number of alkyl halides is 2. The molecule has 0 atom stereocenters. The minimum Gasteiger partial charge on any atom is -0.490 e. The van der Waals surface area contributed by atoms with Gasteiger partial charge in [0.15, 0.2) is 15.8 Å². The molecule has 0 bridgehead atoms. The highest BCUT2D eigenvalue weighted by Gasteiger charge is 2.34. The number of thioether (sulfide) groups is 1. The highest BCUT2D eigenvalue weighted by molar-refractivity contribution is 8.27. The van der Waals surface area contributed by atoms with Crippen molar-refractivity contribution < 1.29 is 27.4 Å². The number of amides is 1. The van der Waals surface area contributed by atoms with Crippen LogP contribution >= 0.6 is 24.0 Å². The predicted octanol–water partition coefficient (Wildman–Crippen LogP) is 5.23. The molecule has 0 aromatic heterocycles. The maximum absolute atomic E-state index is 14.1. The molecule has 28 heavy (non-hydrogen) atoms. The van der Waals surface area contributed by atoms with Crippen LogP contribution in [0.2, 0.25) is 0 Å². The normalized spacial score (nSPS) is 15.6. The number of hydrogen-bond donors (Lipinski definition) is 0. The summed E-state index contributed by atoms with van der Waals surface area (Å²) < 4.78 is 49.0. The molecule has 0 unspecified atom stereocenters. The Balaban J connectivity index is 1.91. The van der Waals surface area contributed by atoms with Gasteiger partial charge < -0.3 is 9.47 Å². The third-order valence-electron chi connectivity index (χ3n) is 3.67. The van der Waals surface area contributed by atoms with Crippen LogP contribution in [0.3, 0.4) is 0 Å². The molecular formula is C19H14F3NO3S2. The van der Waals surface area contributed by atoms with Gasteiger partial charge in [-0.1, -0.05) is 42.2 Å². The van der Waals surface area contributed by atoms with E-state index in [-0.39, 0.29) is 33.0 Å². The van der Waals surface area contributed by atoms with Crippen LogP contribution in [-0.2, 0) is 4.79 Å². The van der Waals surface area contributed by atoms with E-state index in [0.29, 0.717) is 5.56 Å². The van der Waals surface area contributed by atoms with E-state index in [1.807, 2.05) is 0 Å². The van der Waals surface area contributed by atoms with Crippen LogP contribution in [0.4, 0.5) is 18.9 Å². The van der Waals surface area contributed by atoms with Gasteiger partial charge in [0.25, 0.3) is 5.91 Å². The Morgan fingerprint density at radius 2 is 1.96 bits per heavy atom. The molecular weight excluding hydrogens is 411 g/mol. The van der Waals surface area contributed by atoms with Crippen molar-refractivity contribution in [2.75, 3.05) is 11.5 Å². The predicted molar refractivity (Wildman–Crippen MR) is 106 cm³/mol. The summed E-state index contributed by atoms with van der Waals surface area (Å²) in [5, 5.41) is 0. The first kappa shape index (κ1) is 20.2. The first-order chi connectivity index (χ1) is 13.4. The minimum absolute atomic E-state index is 0.0732. The fourth-order valence-corrected chi connectivity index (χ4v) is 3.82. The first-order valence-corrected chi connectivity index (χ1v) is 9.37. The van der Waals surface area contributed by atoms with Gasteiger partial charge in [0.2, 0.25) is 0 Å². The largest absolute Gasteiger partial charge is 0.490 e. The van der Waals surface area contributed by atoms with E-state index in [9.17, 15) is 18.0 Å². The molecule has 1 amide bonds. The lowest BCUT2D eigenvalue weighted by atomic mass is 10.1. The number of benzene rings is 2. The number of nitrogens with zero attached hydrogens (tertiary/aromatic N) is 1. The van der Waals surface area contributed by atoms with Crippen LogP contribution in [0.15, 0.2) is 47.4 Å². The third kappa shape index (κ3) is 4.31. The smallest absolute Gasteiger partial charge is 0.387 e. The maximum atomic E-state index is 14.1. The summed E-state index contributed by atoms with van der Waals surface area (Å²) in [7, 11) is 0. The molecule has 0 saturated carbocycles. The molecule has 146 valence electrons. The summed E-state index contributed by atoms with van der Waals surface area (Å²) in [6, 6.07) is 10.2. The van der Waals surface area contributed by atoms with Gasteiger partial charge in [0.05, 0.1) is 17.2 Å². The van der Waals surface area contributed by atoms with Crippen molar-refractivity contribution in [1.82, 2.24) is 0 Å². The molecule has 0 aliphatic carbocycles. The average Bonchev–Trinajstić information content (AvgIpc) is 2.91. The number of thiocarbonyl (C=S) groups is 1. The fraction of sp³-hybridized carbons (Fsp3) is 0.158. The van der Waals surface area contributed by atoms with Gasteiger partial charge in [0, 0.05) is 0 Å². The Morgan fingerprint density at radius 1 is 1.21 bits per heavy atom. The quantitative estimate of drug-likeness (QED) is 0.468. The van der Waals surface area contributed by atoms with Crippen LogP contribution < -0.4 is 14.4 Å². The van der Waals surface area contributed by atoms with Crippen molar-refractivity contribution in [2.45, 2.75) is 13.5 Å². The van der Waals surface area contributed by atoms with E-state index in [1.54, 1.807) is 13.0 Å². The third-order valence-corrected chi connectivity index (χ3v) is 4.97. The molecule has 0 N–H and O–H groups in total. The summed E-state index contributed by atoms with van der Waals surface area (Å²) in [4.78, 5) is 14.1. The van der Waals surface area contributed by atoms with Gasteiger partial charge in [-0.3, -0.25) is 9.69 Å². The molecule has 4 nitrogen and oxygen atoms in total. The van der Waals surface area contributed by atoms with E-state index in [1.165, 1.54) is 42.5 Å². The van der Waals surface area contributed by atoms with Crippen molar-refractivity contribution in [3.8, 4) is 11.5 Å². The second-order valence-corrected chi connectivity index (χ2v) is 7.16. The van der Waals surface area contributed by atoms with Crippen LogP contribution in [0.25, 0.3) is 6.08 Å². The Morgan fingerprint density at radius 3 is 2.64 bits per heavy atom. The summed E-state index contributed by atoms with van der Waals surface area (Å²) in [6.07, 6.45) is 1.54. The minimum atomic E-state index is -2.98. The van der Waals surface area contributed by atoms with Gasteiger partial charge in [-0.05, 0) is 42.8 Å². The van der Waals surface area contributed by atoms with Gasteiger partial charge in [-0.2, -0.15) is 8.78 Å². The number of halogens is 3. The van der Waals surface area contributed by atoms with E-state index in [2.05, 4.69) is 4.74 Å². The molecule has 0 spiro atoms. The second-order valence-electron chi connectivity index (χ2n) is 5.49. The van der Waals surface area contributed by atoms with Gasteiger partial charge >= 0.3 is 6.61 Å². The van der Waals surface area contributed by atoms with E-state index >= 15 is 0 Å². The molecule has 3 rings (SSSR count). The van der Waals surface area contributed by atoms with Crippen LogP contribution in [-0.4, -0.2) is 23.4 Å². The number of carbonyl (C=O) groups is 1. The molecule has 1 saturated heterocycles. The molecule has 2 aromatic rings. The summed E-state index contributed by atoms with van der Waals surface area (Å²) in [5.74, 6) is -1.01. The van der Waals surface area contributed by atoms with Crippen LogP contribution in [0.5, 0.6) is 11.5 Å². The summed E-state index contributed by atoms with van der Waals surface area (Å²) >= 11 is 6.25. The summed E-state index contributed by atoms with van der Waals surface area (Å²) in [6.45, 7) is -1.03. The Kier molecular flexibility index (Phi) is 6.25. The molecule has 1 fully saturated rings. The molecule has 1 aliphatic rings. The number of ether oxygens (including phenoxy) is 2. The molecule has 0 radical (unpaired) electrons. The lowest BCUT2D eigenvalue weighted by Gasteiger charge is -2.15. The monoisotopic (exact) mass is 425 g/mol. The van der Waals surface area contributed by atoms with Gasteiger partial charge in [-0.15, -0.1) is 0 Å². The maximum Gasteiger partial charge on any atom is 0.387 e. The van der Waals surface area contributed by atoms with Crippen molar-refractivity contribution in [3.05, 3.63) is 58.8 Å². The number of para-hydroxylation sites is 1. The standard InChI is InChI=1S/C19H14F3NO3S2/c1-2-25-15-9-11(7-8-14(15)26-18(21)22)10-16-17(24)23(19(27)28-16)13-6-4-3-5-12(13)20/h3-10,18H,2H2,1H3/b16-10+. The Bertz CT molecular complexity index is 950. The van der Waals surface area contributed by atoms with Crippen molar-refractivity contribution in [2.24, 2.45) is 0 Å². The topological polar surface area (TPSA) is 38.8 Å². The molecule has 1 aliphatic heterocycles. The van der Waals surface area contributed by atoms with Crippen LogP contribution in [0.1, 0.15) is 12.5 Å². The van der Waals surface area contributed by atoms with Crippen molar-refractivity contribution >= 4 is 46.0 Å². The van der Waals surface area contributed by atoms with Gasteiger partial charge in [0.1, 0.15) is 5.82 Å². The zero-order valence-corrected chi connectivity index (χ0v) is 16.2. The second kappa shape index (κ2) is 8.66. The molecule has 2 aromatic carbocycles. The van der Waals surface area contributed by atoms with Gasteiger partial charge in [-0.25, -0.2) is 4.39 Å². The Labute approximate surface area is 168 Å². The fourth-order valence-electron chi connectivity index (χ4n) is 2.54. The van der Waals surface area contributed by atoms with E-state index in [4.69, 9.17) is 17.0 Å². The summed E-state index contributed by atoms with van der Waals surface area (Å²) in [5.41, 5.74) is 0.600. The van der Waals surface area contributed by atoms with Crippen molar-refractivity contribution in [1.29, 1.82) is 0 Å². The number of hydrogen-bond acceptors (Lipinski definition) is 5. The highest BCUT2D eigenvalue weighted by Crippen LogP contribution is 2.38.